The van der Waals surface area contributed by atoms with Gasteiger partial charge in [0.1, 0.15) is 6.07 Å². The number of hydrogen-bond donors (Lipinski definition) is 1. The Morgan fingerprint density at radius 1 is 1.39 bits per heavy atom. The van der Waals surface area contributed by atoms with Gasteiger partial charge in [-0.25, -0.2) is 13.1 Å². The van der Waals surface area contributed by atoms with Crippen molar-refractivity contribution < 1.29 is 8.42 Å². The van der Waals surface area contributed by atoms with Crippen molar-refractivity contribution in [1.82, 2.24) is 4.72 Å². The van der Waals surface area contributed by atoms with Gasteiger partial charge in [-0.3, -0.25) is 0 Å². The lowest BCUT2D eigenvalue weighted by atomic mass is 10.2. The molecule has 0 amide bonds. The highest BCUT2D eigenvalue weighted by Crippen LogP contribution is 2.13. The van der Waals surface area contributed by atoms with Crippen molar-refractivity contribution >= 4 is 21.8 Å². The lowest BCUT2D eigenvalue weighted by Gasteiger charge is -2.07. The van der Waals surface area contributed by atoms with Gasteiger partial charge in [0.15, 0.2) is 0 Å². The lowest BCUT2D eigenvalue weighted by Crippen LogP contribution is -2.26. The summed E-state index contributed by atoms with van der Waals surface area (Å²) in [5.41, 5.74) is 0.140. The third kappa shape index (κ3) is 4.08. The minimum Gasteiger partial charge on any atom is -0.210 e. The second kappa shape index (κ2) is 7.07. The van der Waals surface area contributed by atoms with Crippen molar-refractivity contribution in [3.8, 4) is 18.4 Å². The van der Waals surface area contributed by atoms with Gasteiger partial charge in [0.05, 0.1) is 16.2 Å². The van der Waals surface area contributed by atoms with Gasteiger partial charge in [0.2, 0.25) is 10.0 Å². The smallest absolute Gasteiger partial charge is 0.210 e. The van der Waals surface area contributed by atoms with E-state index in [0.29, 0.717) is 11.5 Å². The molecule has 0 radical (unpaired) electrons. The van der Waals surface area contributed by atoms with Gasteiger partial charge in [0, 0.05) is 12.3 Å². The molecule has 0 atom stereocenters. The number of benzene rings is 1. The number of nitrogens with zero attached hydrogens (tertiary/aromatic N) is 1. The van der Waals surface area contributed by atoms with Crippen LogP contribution in [-0.2, 0) is 10.0 Å². The zero-order valence-corrected chi connectivity index (χ0v) is 11.2. The molecule has 0 aliphatic carbocycles. The van der Waals surface area contributed by atoms with Crippen LogP contribution in [0.25, 0.3) is 0 Å². The van der Waals surface area contributed by atoms with Crippen LogP contribution >= 0.6 is 11.8 Å². The summed E-state index contributed by atoms with van der Waals surface area (Å²) in [6, 6.07) is 7.96. The Bertz CT molecular complexity index is 583. The topological polar surface area (TPSA) is 70.0 Å². The number of terminal acetylenes is 1. The Morgan fingerprint density at radius 2 is 2.11 bits per heavy atom. The zero-order valence-electron chi connectivity index (χ0n) is 9.59. The molecule has 1 N–H and O–H groups in total. The first-order valence-corrected chi connectivity index (χ1v) is 7.75. The summed E-state index contributed by atoms with van der Waals surface area (Å²) in [6.45, 7) is 0.286. The highest BCUT2D eigenvalue weighted by Gasteiger charge is 2.17. The third-order valence-electron chi connectivity index (χ3n) is 2.02. The fourth-order valence-corrected chi connectivity index (χ4v) is 3.08. The van der Waals surface area contributed by atoms with E-state index in [1.54, 1.807) is 12.1 Å². The van der Waals surface area contributed by atoms with Crippen LogP contribution in [-0.4, -0.2) is 26.5 Å². The molecule has 0 heterocycles. The van der Waals surface area contributed by atoms with Crippen molar-refractivity contribution in [3.63, 3.8) is 0 Å². The average molecular weight is 280 g/mol. The number of nitrogens with one attached hydrogen (secondary N) is 1. The highest BCUT2D eigenvalue weighted by atomic mass is 32.2. The molecule has 0 bridgehead atoms. The van der Waals surface area contributed by atoms with Crippen molar-refractivity contribution in [2.45, 2.75) is 4.90 Å². The maximum Gasteiger partial charge on any atom is 0.241 e. The van der Waals surface area contributed by atoms with Crippen LogP contribution in [0.2, 0.25) is 0 Å². The number of nitriles is 1. The molecule has 0 saturated carbocycles. The molecule has 1 aromatic carbocycles. The van der Waals surface area contributed by atoms with Crippen LogP contribution in [0, 0.1) is 23.7 Å². The van der Waals surface area contributed by atoms with Crippen LogP contribution in [0.15, 0.2) is 29.2 Å². The molecular formula is C12H12N2O2S2. The molecule has 0 unspecified atom stereocenters. The summed E-state index contributed by atoms with van der Waals surface area (Å²) in [5, 5.41) is 8.85. The van der Waals surface area contributed by atoms with Gasteiger partial charge in [0.25, 0.3) is 0 Å². The first-order chi connectivity index (χ1) is 8.61. The quantitative estimate of drug-likeness (QED) is 0.628. The molecule has 0 spiro atoms. The van der Waals surface area contributed by atoms with Gasteiger partial charge in [-0.05, 0) is 12.1 Å². The Balaban J connectivity index is 2.70. The van der Waals surface area contributed by atoms with Gasteiger partial charge >= 0.3 is 0 Å². The molecule has 0 fully saturated rings. The second-order valence-corrected chi connectivity index (χ2v) is 6.10. The Morgan fingerprint density at radius 3 is 2.78 bits per heavy atom. The molecule has 1 aromatic rings. The van der Waals surface area contributed by atoms with E-state index in [4.69, 9.17) is 11.7 Å². The number of sulfonamides is 1. The van der Waals surface area contributed by atoms with Crippen molar-refractivity contribution in [2.75, 3.05) is 18.1 Å². The molecular weight excluding hydrogens is 268 g/mol. The van der Waals surface area contributed by atoms with E-state index in [2.05, 4.69) is 10.6 Å². The van der Waals surface area contributed by atoms with E-state index in [1.165, 1.54) is 23.9 Å². The number of rotatable bonds is 6. The fourth-order valence-electron chi connectivity index (χ4n) is 1.25. The van der Waals surface area contributed by atoms with Crippen LogP contribution in [0.3, 0.4) is 0 Å². The predicted molar refractivity (Wildman–Crippen MR) is 72.5 cm³/mol. The first-order valence-electron chi connectivity index (χ1n) is 5.12. The Kier molecular flexibility index (Phi) is 5.73. The van der Waals surface area contributed by atoms with Crippen molar-refractivity contribution in [1.29, 1.82) is 5.26 Å². The van der Waals surface area contributed by atoms with E-state index in [1.807, 2.05) is 6.07 Å². The lowest BCUT2D eigenvalue weighted by molar-refractivity contribution is 0.584. The van der Waals surface area contributed by atoms with Crippen LogP contribution < -0.4 is 4.72 Å². The fraction of sp³-hybridized carbons (Fsp3) is 0.250. The summed E-state index contributed by atoms with van der Waals surface area (Å²) < 4.78 is 26.3. The summed E-state index contributed by atoms with van der Waals surface area (Å²) in [6.07, 6.45) is 5.08. The minimum absolute atomic E-state index is 0.00875. The Labute approximate surface area is 111 Å². The van der Waals surface area contributed by atoms with Crippen LogP contribution in [0.5, 0.6) is 0 Å². The standard InChI is InChI=1S/C12H12N2O2S2/c1-2-8-17-9-7-14-18(15,16)12-6-4-3-5-11(12)10-13/h1,3-6,14H,7-9H2. The van der Waals surface area contributed by atoms with Gasteiger partial charge in [-0.1, -0.05) is 18.1 Å². The monoisotopic (exact) mass is 280 g/mol. The highest BCUT2D eigenvalue weighted by molar-refractivity contribution is 7.99. The molecule has 0 saturated heterocycles. The van der Waals surface area contributed by atoms with E-state index in [9.17, 15) is 8.42 Å². The molecule has 0 aliphatic rings. The molecule has 94 valence electrons. The Hall–Kier alpha value is -1.47. The SMILES string of the molecule is C#CCSCCNS(=O)(=O)c1ccccc1C#N. The van der Waals surface area contributed by atoms with Crippen LogP contribution in [0.4, 0.5) is 0 Å². The first kappa shape index (κ1) is 14.6. The van der Waals surface area contributed by atoms with Gasteiger partial charge in [-0.15, -0.1) is 18.2 Å². The van der Waals surface area contributed by atoms with Crippen molar-refractivity contribution in [2.24, 2.45) is 0 Å². The summed E-state index contributed by atoms with van der Waals surface area (Å²) in [5.74, 6) is 3.61. The van der Waals surface area contributed by atoms with Crippen molar-refractivity contribution in [3.05, 3.63) is 29.8 Å². The van der Waals surface area contributed by atoms with E-state index in [-0.39, 0.29) is 17.0 Å². The van der Waals surface area contributed by atoms with E-state index in [0.717, 1.165) is 0 Å². The average Bonchev–Trinajstić information content (AvgIpc) is 2.38. The molecule has 1 rings (SSSR count). The third-order valence-corrected chi connectivity index (χ3v) is 4.40. The largest absolute Gasteiger partial charge is 0.241 e. The summed E-state index contributed by atoms with van der Waals surface area (Å²) >= 11 is 1.47. The zero-order chi connectivity index (χ0) is 13.4. The number of thioether (sulfide) groups is 1. The van der Waals surface area contributed by atoms with E-state index >= 15 is 0 Å². The normalized spacial score (nSPS) is 10.6. The number of hydrogen-bond acceptors (Lipinski definition) is 4. The predicted octanol–water partition coefficient (Wildman–Crippen LogP) is 1.20. The maximum atomic E-state index is 11.9. The van der Waals surface area contributed by atoms with Gasteiger partial charge < -0.3 is 0 Å². The van der Waals surface area contributed by atoms with Crippen LogP contribution in [0.1, 0.15) is 5.56 Å². The molecule has 18 heavy (non-hydrogen) atoms. The molecule has 0 aromatic heterocycles. The molecule has 6 heteroatoms. The molecule has 4 nitrogen and oxygen atoms in total. The second-order valence-electron chi connectivity index (χ2n) is 3.26. The summed E-state index contributed by atoms with van der Waals surface area (Å²) in [7, 11) is -3.63. The summed E-state index contributed by atoms with van der Waals surface area (Å²) in [4.78, 5) is 0.00875. The van der Waals surface area contributed by atoms with Gasteiger partial charge in [-0.2, -0.15) is 5.26 Å². The molecule has 0 aliphatic heterocycles. The minimum atomic E-state index is -3.63. The maximum absolute atomic E-state index is 11.9. The van der Waals surface area contributed by atoms with E-state index < -0.39 is 10.0 Å².